The maximum atomic E-state index is 12.4. The number of hydrogen-bond donors (Lipinski definition) is 5. The Balaban J connectivity index is 2.11. The van der Waals surface area contributed by atoms with Gasteiger partial charge in [0, 0.05) is 6.07 Å². The Bertz CT molecular complexity index is 829. The summed E-state index contributed by atoms with van der Waals surface area (Å²) < 4.78 is 10.3. The Hall–Kier alpha value is -3.13. The van der Waals surface area contributed by atoms with Gasteiger partial charge in [0.05, 0.1) is 7.11 Å². The minimum absolute atomic E-state index is 0.140. The van der Waals surface area contributed by atoms with E-state index in [1.54, 1.807) is 0 Å². The number of carbonyl (C=O) groups is 1. The zero-order valence-corrected chi connectivity index (χ0v) is 12.4. The molecule has 0 spiro atoms. The zero-order chi connectivity index (χ0) is 17.6. The quantitative estimate of drug-likeness (QED) is 0.517. The van der Waals surface area contributed by atoms with Crippen LogP contribution >= 0.6 is 0 Å². The van der Waals surface area contributed by atoms with Crippen molar-refractivity contribution in [1.29, 1.82) is 0 Å². The number of aliphatic hydroxyl groups is 1. The number of benzene rings is 2. The van der Waals surface area contributed by atoms with E-state index < -0.39 is 35.2 Å². The van der Waals surface area contributed by atoms with Crippen LogP contribution in [-0.2, 0) is 0 Å². The van der Waals surface area contributed by atoms with Crippen LogP contribution in [0.25, 0.3) is 0 Å². The molecule has 8 nitrogen and oxygen atoms in total. The summed E-state index contributed by atoms with van der Waals surface area (Å²) in [6.45, 7) is 0. The van der Waals surface area contributed by atoms with Gasteiger partial charge in [0.1, 0.15) is 11.3 Å². The van der Waals surface area contributed by atoms with Gasteiger partial charge in [-0.2, -0.15) is 0 Å². The molecule has 0 saturated carbocycles. The highest BCUT2D eigenvalue weighted by Gasteiger charge is 2.40. The standard InChI is InChI=1S/C16H14O8/c1-23-16-9(19)5-10-11(13(16)21)12(20)14(22)15(24-10)6-2-3-7(17)8(18)4-6/h2-5,14-15,17-19,21-22H,1H3/t14-,15+/m0/s1. The van der Waals surface area contributed by atoms with Crippen molar-refractivity contribution < 1.29 is 39.8 Å². The molecule has 3 rings (SSSR count). The van der Waals surface area contributed by atoms with Crippen molar-refractivity contribution in [3.63, 3.8) is 0 Å². The predicted molar refractivity (Wildman–Crippen MR) is 79.8 cm³/mol. The molecule has 0 unspecified atom stereocenters. The molecule has 2 aromatic carbocycles. The van der Waals surface area contributed by atoms with E-state index in [2.05, 4.69) is 0 Å². The van der Waals surface area contributed by atoms with Crippen molar-refractivity contribution in [3.8, 4) is 34.5 Å². The molecule has 24 heavy (non-hydrogen) atoms. The van der Waals surface area contributed by atoms with Crippen LogP contribution in [0.5, 0.6) is 34.5 Å². The van der Waals surface area contributed by atoms with Crippen LogP contribution in [-0.4, -0.2) is 44.5 Å². The highest BCUT2D eigenvalue weighted by atomic mass is 16.5. The first-order chi connectivity index (χ1) is 11.3. The largest absolute Gasteiger partial charge is 0.504 e. The molecule has 0 aliphatic carbocycles. The Morgan fingerprint density at radius 3 is 2.38 bits per heavy atom. The average Bonchev–Trinajstić information content (AvgIpc) is 2.53. The number of rotatable bonds is 2. The molecule has 0 bridgehead atoms. The second-order valence-electron chi connectivity index (χ2n) is 5.25. The third-order valence-corrected chi connectivity index (χ3v) is 3.79. The summed E-state index contributed by atoms with van der Waals surface area (Å²) in [4.78, 5) is 12.4. The number of methoxy groups -OCH3 is 1. The Morgan fingerprint density at radius 1 is 1.04 bits per heavy atom. The normalized spacial score (nSPS) is 19.5. The van der Waals surface area contributed by atoms with Crippen LogP contribution in [0.15, 0.2) is 24.3 Å². The molecule has 0 aromatic heterocycles. The summed E-state index contributed by atoms with van der Waals surface area (Å²) >= 11 is 0. The van der Waals surface area contributed by atoms with E-state index in [1.807, 2.05) is 0 Å². The molecule has 0 amide bonds. The maximum Gasteiger partial charge on any atom is 0.203 e. The highest BCUT2D eigenvalue weighted by molar-refractivity contribution is 6.06. The fourth-order valence-corrected chi connectivity index (χ4v) is 2.60. The van der Waals surface area contributed by atoms with E-state index in [0.29, 0.717) is 0 Å². The number of carbonyl (C=O) groups excluding carboxylic acids is 1. The van der Waals surface area contributed by atoms with Gasteiger partial charge >= 0.3 is 0 Å². The summed E-state index contributed by atoms with van der Waals surface area (Å²) in [5.74, 6) is -3.16. The van der Waals surface area contributed by atoms with Crippen molar-refractivity contribution in [3.05, 3.63) is 35.4 Å². The summed E-state index contributed by atoms with van der Waals surface area (Å²) in [5, 5.41) is 49.0. The Morgan fingerprint density at radius 2 is 1.75 bits per heavy atom. The number of aliphatic hydroxyl groups excluding tert-OH is 1. The Kier molecular flexibility index (Phi) is 3.61. The minimum Gasteiger partial charge on any atom is -0.504 e. The van der Waals surface area contributed by atoms with Crippen molar-refractivity contribution in [2.75, 3.05) is 7.11 Å². The van der Waals surface area contributed by atoms with Crippen LogP contribution in [0.2, 0.25) is 0 Å². The van der Waals surface area contributed by atoms with Gasteiger partial charge in [-0.15, -0.1) is 0 Å². The van der Waals surface area contributed by atoms with Gasteiger partial charge in [0.2, 0.25) is 11.5 Å². The molecule has 0 fully saturated rings. The van der Waals surface area contributed by atoms with Gasteiger partial charge in [0.15, 0.2) is 35.2 Å². The smallest absolute Gasteiger partial charge is 0.203 e. The van der Waals surface area contributed by atoms with Gasteiger partial charge in [0.25, 0.3) is 0 Å². The molecular formula is C16H14O8. The third kappa shape index (κ3) is 2.24. The predicted octanol–water partition coefficient (Wildman–Crippen LogP) is 1.19. The van der Waals surface area contributed by atoms with Crippen LogP contribution in [0.3, 0.4) is 0 Å². The SMILES string of the molecule is COc1c(O)cc2c(c1O)C(=O)[C@H](O)[C@@H](c1ccc(O)c(O)c1)O2. The lowest BCUT2D eigenvalue weighted by molar-refractivity contribution is 0.0208. The minimum atomic E-state index is -1.67. The van der Waals surface area contributed by atoms with E-state index in [0.717, 1.165) is 12.1 Å². The number of phenolic OH excluding ortho intramolecular Hbond substituents is 4. The van der Waals surface area contributed by atoms with E-state index >= 15 is 0 Å². The van der Waals surface area contributed by atoms with Crippen molar-refractivity contribution in [2.24, 2.45) is 0 Å². The first-order valence-electron chi connectivity index (χ1n) is 6.89. The number of aromatic hydroxyl groups is 4. The summed E-state index contributed by atoms with van der Waals surface area (Å²) in [6, 6.07) is 4.78. The molecule has 2 atom stereocenters. The maximum absolute atomic E-state index is 12.4. The number of hydrogen-bond acceptors (Lipinski definition) is 8. The second-order valence-corrected chi connectivity index (χ2v) is 5.25. The third-order valence-electron chi connectivity index (χ3n) is 3.79. The van der Waals surface area contributed by atoms with E-state index in [1.165, 1.54) is 19.2 Å². The van der Waals surface area contributed by atoms with Gasteiger partial charge in [-0.05, 0) is 17.7 Å². The molecule has 2 aromatic rings. The molecule has 8 heteroatoms. The number of Topliss-reactive ketones (excluding diaryl/α,β-unsaturated/α-hetero) is 1. The fraction of sp³-hybridized carbons (Fsp3) is 0.188. The first kappa shape index (κ1) is 15.8. The highest BCUT2D eigenvalue weighted by Crippen LogP contribution is 2.48. The van der Waals surface area contributed by atoms with E-state index in [4.69, 9.17) is 9.47 Å². The van der Waals surface area contributed by atoms with Crippen molar-refractivity contribution in [1.82, 2.24) is 0 Å². The van der Waals surface area contributed by atoms with Gasteiger partial charge in [-0.25, -0.2) is 0 Å². The van der Waals surface area contributed by atoms with Crippen LogP contribution in [0.4, 0.5) is 0 Å². The molecule has 0 saturated heterocycles. The lowest BCUT2D eigenvalue weighted by atomic mass is 9.92. The van der Waals surface area contributed by atoms with E-state index in [9.17, 15) is 30.3 Å². The number of ketones is 1. The first-order valence-corrected chi connectivity index (χ1v) is 6.89. The fourth-order valence-electron chi connectivity index (χ4n) is 2.60. The lowest BCUT2D eigenvalue weighted by Crippen LogP contribution is -2.36. The van der Waals surface area contributed by atoms with Gasteiger partial charge in [-0.3, -0.25) is 4.79 Å². The van der Waals surface area contributed by atoms with E-state index in [-0.39, 0.29) is 28.4 Å². The number of fused-ring (bicyclic) bond motifs is 1. The van der Waals surface area contributed by atoms with Gasteiger partial charge in [-0.1, -0.05) is 6.07 Å². The number of ether oxygens (including phenoxy) is 2. The second kappa shape index (κ2) is 5.50. The average molecular weight is 334 g/mol. The molecule has 5 N–H and O–H groups in total. The summed E-state index contributed by atoms with van der Waals surface area (Å²) in [6.07, 6.45) is -2.86. The van der Waals surface area contributed by atoms with Crippen LogP contribution < -0.4 is 9.47 Å². The monoisotopic (exact) mass is 334 g/mol. The molecule has 1 heterocycles. The van der Waals surface area contributed by atoms with Gasteiger partial charge < -0.3 is 35.0 Å². The van der Waals surface area contributed by atoms with Crippen LogP contribution in [0.1, 0.15) is 22.0 Å². The number of phenols is 4. The topological polar surface area (TPSA) is 137 Å². The molecule has 0 radical (unpaired) electrons. The Labute approximate surface area is 135 Å². The molecule has 1 aliphatic heterocycles. The van der Waals surface area contributed by atoms with Crippen molar-refractivity contribution >= 4 is 5.78 Å². The molecule has 1 aliphatic rings. The van der Waals surface area contributed by atoms with Crippen LogP contribution in [0, 0.1) is 0 Å². The zero-order valence-electron chi connectivity index (χ0n) is 12.4. The lowest BCUT2D eigenvalue weighted by Gasteiger charge is -2.30. The van der Waals surface area contributed by atoms with Crippen molar-refractivity contribution in [2.45, 2.75) is 12.2 Å². The molecular weight excluding hydrogens is 320 g/mol. The summed E-state index contributed by atoms with van der Waals surface area (Å²) in [7, 11) is 1.20. The summed E-state index contributed by atoms with van der Waals surface area (Å²) in [5.41, 5.74) is -0.0806. The molecule has 126 valence electrons.